The van der Waals surface area contributed by atoms with Crippen LogP contribution in [0.15, 0.2) is 42.5 Å². The predicted molar refractivity (Wildman–Crippen MR) is 101 cm³/mol. The van der Waals surface area contributed by atoms with Crippen LogP contribution in [0.3, 0.4) is 0 Å². The van der Waals surface area contributed by atoms with Crippen molar-refractivity contribution in [2.24, 2.45) is 5.73 Å². The van der Waals surface area contributed by atoms with E-state index >= 15 is 0 Å². The van der Waals surface area contributed by atoms with Gasteiger partial charge in [-0.2, -0.15) is 0 Å². The number of carbonyl (C=O) groups is 1. The van der Waals surface area contributed by atoms with Crippen molar-refractivity contribution in [2.75, 3.05) is 6.54 Å². The number of nitrogens with two attached hydrogens (primary N) is 1. The molecule has 2 N–H and O–H groups in total. The fraction of sp³-hybridized carbons (Fsp3) is 0.350. The van der Waals surface area contributed by atoms with Gasteiger partial charge in [0.2, 0.25) is 0 Å². The van der Waals surface area contributed by atoms with Crippen molar-refractivity contribution < 1.29 is 13.6 Å². The lowest BCUT2D eigenvalue weighted by atomic mass is 9.95. The fourth-order valence-electron chi connectivity index (χ4n) is 3.42. The van der Waals surface area contributed by atoms with Gasteiger partial charge in [0.05, 0.1) is 5.56 Å². The highest BCUT2D eigenvalue weighted by molar-refractivity contribution is 5.95. The molecule has 26 heavy (non-hydrogen) atoms. The Bertz CT molecular complexity index is 765. The van der Waals surface area contributed by atoms with Crippen LogP contribution in [-0.4, -0.2) is 29.4 Å². The van der Waals surface area contributed by atoms with E-state index in [1.807, 2.05) is 6.92 Å². The summed E-state index contributed by atoms with van der Waals surface area (Å²) in [6.07, 6.45) is 2.78. The summed E-state index contributed by atoms with van der Waals surface area (Å²) >= 11 is 0. The van der Waals surface area contributed by atoms with Crippen LogP contribution in [0.2, 0.25) is 0 Å². The summed E-state index contributed by atoms with van der Waals surface area (Å²) in [5, 5.41) is 0. The maximum atomic E-state index is 14.6. The highest BCUT2D eigenvalue weighted by Crippen LogP contribution is 2.26. The zero-order valence-electron chi connectivity index (χ0n) is 14.6. The number of rotatable bonds is 3. The van der Waals surface area contributed by atoms with Crippen molar-refractivity contribution in [1.82, 2.24) is 4.90 Å². The molecule has 0 radical (unpaired) electrons. The Morgan fingerprint density at radius 2 is 1.77 bits per heavy atom. The molecule has 6 heteroatoms. The highest BCUT2D eigenvalue weighted by atomic mass is 35.5. The van der Waals surface area contributed by atoms with Gasteiger partial charge in [0.25, 0.3) is 5.91 Å². The molecule has 0 aliphatic carbocycles. The zero-order chi connectivity index (χ0) is 18.0. The van der Waals surface area contributed by atoms with E-state index in [0.717, 1.165) is 19.3 Å². The van der Waals surface area contributed by atoms with Gasteiger partial charge in [-0.05, 0) is 61.6 Å². The summed E-state index contributed by atoms with van der Waals surface area (Å²) in [5.41, 5.74) is 7.37. The summed E-state index contributed by atoms with van der Waals surface area (Å²) in [4.78, 5) is 14.5. The van der Waals surface area contributed by atoms with Gasteiger partial charge in [0, 0.05) is 18.6 Å². The molecule has 1 heterocycles. The molecule has 0 aromatic heterocycles. The van der Waals surface area contributed by atoms with Crippen molar-refractivity contribution >= 4 is 18.3 Å². The van der Waals surface area contributed by atoms with E-state index in [0.29, 0.717) is 17.7 Å². The molecule has 0 bridgehead atoms. The Kier molecular flexibility index (Phi) is 6.73. The van der Waals surface area contributed by atoms with Crippen LogP contribution in [0.1, 0.15) is 36.5 Å². The molecule has 0 saturated carbocycles. The first-order valence-electron chi connectivity index (χ1n) is 8.59. The summed E-state index contributed by atoms with van der Waals surface area (Å²) in [6, 6.07) is 10.1. The van der Waals surface area contributed by atoms with Crippen LogP contribution in [0.25, 0.3) is 11.1 Å². The van der Waals surface area contributed by atoms with Crippen molar-refractivity contribution in [3.63, 3.8) is 0 Å². The molecule has 2 unspecified atom stereocenters. The molecule has 3 nitrogen and oxygen atoms in total. The monoisotopic (exact) mass is 380 g/mol. The second-order valence-electron chi connectivity index (χ2n) is 6.62. The lowest BCUT2D eigenvalue weighted by molar-refractivity contribution is 0.0579. The fourth-order valence-corrected chi connectivity index (χ4v) is 3.42. The maximum absolute atomic E-state index is 14.6. The molecule has 2 aromatic carbocycles. The van der Waals surface area contributed by atoms with Crippen LogP contribution in [0, 0.1) is 11.6 Å². The third kappa shape index (κ3) is 4.22. The zero-order valence-corrected chi connectivity index (χ0v) is 15.4. The number of hydrogen-bond donors (Lipinski definition) is 1. The highest BCUT2D eigenvalue weighted by Gasteiger charge is 2.31. The van der Waals surface area contributed by atoms with Crippen molar-refractivity contribution in [3.05, 3.63) is 59.7 Å². The minimum atomic E-state index is -0.569. The minimum Gasteiger partial charge on any atom is -0.334 e. The van der Waals surface area contributed by atoms with E-state index in [2.05, 4.69) is 0 Å². The molecule has 3 rings (SSSR count). The molecular weight excluding hydrogens is 358 g/mol. The summed E-state index contributed by atoms with van der Waals surface area (Å²) in [6.45, 7) is 2.48. The second-order valence-corrected chi connectivity index (χ2v) is 6.62. The number of amides is 1. The molecule has 1 aliphatic rings. The number of nitrogens with zero attached hydrogens (tertiary/aromatic N) is 1. The van der Waals surface area contributed by atoms with E-state index < -0.39 is 5.82 Å². The molecule has 2 atom stereocenters. The third-order valence-corrected chi connectivity index (χ3v) is 4.79. The molecule has 2 aromatic rings. The van der Waals surface area contributed by atoms with Crippen molar-refractivity contribution in [3.8, 4) is 11.1 Å². The van der Waals surface area contributed by atoms with Gasteiger partial charge in [0.15, 0.2) is 0 Å². The molecular formula is C20H23ClF2N2O. The van der Waals surface area contributed by atoms with Gasteiger partial charge in [-0.3, -0.25) is 4.79 Å². The number of benzene rings is 2. The lowest BCUT2D eigenvalue weighted by Gasteiger charge is -2.38. The SMILES string of the molecule is CC(N)C1CCCCN1C(=O)c1ccc(-c2ccc(F)cc2)cc1F.Cl. The average molecular weight is 381 g/mol. The lowest BCUT2D eigenvalue weighted by Crippen LogP contribution is -2.51. The van der Waals surface area contributed by atoms with Gasteiger partial charge in [-0.15, -0.1) is 12.4 Å². The van der Waals surface area contributed by atoms with E-state index in [1.165, 1.54) is 24.3 Å². The number of halogens is 3. The average Bonchev–Trinajstić information content (AvgIpc) is 2.61. The largest absolute Gasteiger partial charge is 0.334 e. The Labute approximate surface area is 158 Å². The second kappa shape index (κ2) is 8.60. The summed E-state index contributed by atoms with van der Waals surface area (Å²) in [7, 11) is 0. The predicted octanol–water partition coefficient (Wildman–Crippen LogP) is 4.40. The molecule has 1 amide bonds. The first kappa shape index (κ1) is 20.3. The topological polar surface area (TPSA) is 46.3 Å². The Hall–Kier alpha value is -1.98. The smallest absolute Gasteiger partial charge is 0.257 e. The standard InChI is InChI=1S/C20H22F2N2O.ClH/c1-13(23)19-4-2-3-11-24(19)20(25)17-10-7-15(12-18(17)22)14-5-8-16(21)9-6-14;/h5-10,12-13,19H,2-4,11,23H2,1H3;1H. The van der Waals surface area contributed by atoms with E-state index in [9.17, 15) is 13.6 Å². The first-order chi connectivity index (χ1) is 12.0. The Balaban J connectivity index is 0.00000243. The maximum Gasteiger partial charge on any atom is 0.257 e. The van der Waals surface area contributed by atoms with E-state index in [1.54, 1.807) is 23.1 Å². The van der Waals surface area contributed by atoms with Crippen LogP contribution in [0.5, 0.6) is 0 Å². The normalized spacial score (nSPS) is 18.2. The summed E-state index contributed by atoms with van der Waals surface area (Å²) < 4.78 is 27.6. The van der Waals surface area contributed by atoms with Crippen LogP contribution >= 0.6 is 12.4 Å². The molecule has 1 aliphatic heterocycles. The van der Waals surface area contributed by atoms with Gasteiger partial charge in [-0.25, -0.2) is 8.78 Å². The quantitative estimate of drug-likeness (QED) is 0.858. The van der Waals surface area contributed by atoms with Gasteiger partial charge in [-0.1, -0.05) is 18.2 Å². The van der Waals surface area contributed by atoms with Crippen molar-refractivity contribution in [1.29, 1.82) is 0 Å². The summed E-state index contributed by atoms with van der Waals surface area (Å²) in [5.74, 6) is -1.23. The first-order valence-corrected chi connectivity index (χ1v) is 8.59. The molecule has 1 fully saturated rings. The van der Waals surface area contributed by atoms with Crippen LogP contribution in [0.4, 0.5) is 8.78 Å². The number of likely N-dealkylation sites (tertiary alicyclic amines) is 1. The molecule has 0 spiro atoms. The number of carbonyl (C=O) groups excluding carboxylic acids is 1. The van der Waals surface area contributed by atoms with E-state index in [-0.39, 0.29) is 41.8 Å². The van der Waals surface area contributed by atoms with Gasteiger partial charge >= 0.3 is 0 Å². The Morgan fingerprint density at radius 1 is 1.12 bits per heavy atom. The minimum absolute atomic E-state index is 0. The van der Waals surface area contributed by atoms with Crippen LogP contribution in [-0.2, 0) is 0 Å². The Morgan fingerprint density at radius 3 is 2.38 bits per heavy atom. The molecule has 140 valence electrons. The van der Waals surface area contributed by atoms with E-state index in [4.69, 9.17) is 5.73 Å². The van der Waals surface area contributed by atoms with Gasteiger partial charge in [0.1, 0.15) is 11.6 Å². The van der Waals surface area contributed by atoms with Crippen LogP contribution < -0.4 is 5.73 Å². The third-order valence-electron chi connectivity index (χ3n) is 4.79. The number of piperidine rings is 1. The molecule has 1 saturated heterocycles. The van der Waals surface area contributed by atoms with Crippen molar-refractivity contribution in [2.45, 2.75) is 38.3 Å². The number of hydrogen-bond acceptors (Lipinski definition) is 2. The van der Waals surface area contributed by atoms with Gasteiger partial charge < -0.3 is 10.6 Å².